The van der Waals surface area contributed by atoms with Crippen LogP contribution in [0.15, 0.2) is 17.6 Å². The third kappa shape index (κ3) is 5.26. The van der Waals surface area contributed by atoms with E-state index in [1.807, 2.05) is 4.90 Å². The second-order valence-corrected chi connectivity index (χ2v) is 5.32. The third-order valence-corrected chi connectivity index (χ3v) is 3.67. The van der Waals surface area contributed by atoms with Crippen LogP contribution in [0, 0.1) is 5.92 Å². The number of amidine groups is 1. The van der Waals surface area contributed by atoms with E-state index >= 15 is 0 Å². The minimum absolute atomic E-state index is 0.165. The van der Waals surface area contributed by atoms with Gasteiger partial charge in [0.05, 0.1) is 12.3 Å². The zero-order valence-electron chi connectivity index (χ0n) is 10.4. The summed E-state index contributed by atoms with van der Waals surface area (Å²) in [6, 6.07) is 0. The molecule has 0 saturated carbocycles. The van der Waals surface area contributed by atoms with Gasteiger partial charge in [0, 0.05) is 13.1 Å². The highest BCUT2D eigenvalue weighted by atomic mass is 32.2. The van der Waals surface area contributed by atoms with Gasteiger partial charge in [0.1, 0.15) is 0 Å². The van der Waals surface area contributed by atoms with Gasteiger partial charge in [-0.15, -0.1) is 6.58 Å². The molecule has 96 valence electrons. The van der Waals surface area contributed by atoms with Crippen molar-refractivity contribution in [3.05, 3.63) is 12.7 Å². The molecule has 0 aliphatic carbocycles. The highest BCUT2D eigenvalue weighted by Crippen LogP contribution is 2.16. The highest BCUT2D eigenvalue weighted by Gasteiger charge is 2.20. The number of nitrogens with two attached hydrogens (primary N) is 1. The first-order valence-corrected chi connectivity index (χ1v) is 6.93. The summed E-state index contributed by atoms with van der Waals surface area (Å²) in [5, 5.41) is 0.462. The molecule has 1 saturated heterocycles. The molecule has 1 rings (SSSR count). The molecule has 0 aromatic heterocycles. The summed E-state index contributed by atoms with van der Waals surface area (Å²) in [7, 11) is 0. The zero-order valence-corrected chi connectivity index (χ0v) is 11.2. The molecule has 0 bridgehead atoms. The summed E-state index contributed by atoms with van der Waals surface area (Å²) >= 11 is 1.31. The molecule has 0 atom stereocenters. The number of carbonyl (C=O) groups excluding carboxylic acids is 1. The number of rotatable bonds is 4. The van der Waals surface area contributed by atoms with Crippen molar-refractivity contribution in [2.45, 2.75) is 19.8 Å². The molecule has 4 nitrogen and oxygen atoms in total. The Balaban J connectivity index is 2.27. The molecule has 2 N–H and O–H groups in total. The predicted octanol–water partition coefficient (Wildman–Crippen LogP) is 1.48. The van der Waals surface area contributed by atoms with Gasteiger partial charge in [0.25, 0.3) is 0 Å². The smallest absolute Gasteiger partial charge is 0.233 e. The fourth-order valence-electron chi connectivity index (χ4n) is 1.69. The van der Waals surface area contributed by atoms with E-state index in [9.17, 15) is 4.79 Å². The fourth-order valence-corrected chi connectivity index (χ4v) is 2.30. The molecule has 0 spiro atoms. The maximum Gasteiger partial charge on any atom is 0.233 e. The Morgan fingerprint density at radius 2 is 2.24 bits per heavy atom. The normalized spacial score (nSPS) is 18.2. The van der Waals surface area contributed by atoms with Crippen molar-refractivity contribution in [3.8, 4) is 0 Å². The van der Waals surface area contributed by atoms with Crippen LogP contribution in [0.25, 0.3) is 0 Å². The molecule has 0 radical (unpaired) electrons. The van der Waals surface area contributed by atoms with E-state index in [2.05, 4.69) is 18.5 Å². The number of aliphatic imine (C=N–C) groups is 1. The number of hydrogen-bond donors (Lipinski definition) is 1. The molecule has 1 amide bonds. The first-order chi connectivity index (χ1) is 8.13. The number of piperidine rings is 1. The molecule has 0 aromatic carbocycles. The Morgan fingerprint density at radius 1 is 1.59 bits per heavy atom. The summed E-state index contributed by atoms with van der Waals surface area (Å²) in [5.74, 6) is 1.30. The molecular weight excluding hydrogens is 234 g/mol. The lowest BCUT2D eigenvalue weighted by atomic mass is 9.99. The molecule has 17 heavy (non-hydrogen) atoms. The van der Waals surface area contributed by atoms with Crippen LogP contribution in [-0.2, 0) is 4.79 Å². The lowest BCUT2D eigenvalue weighted by Gasteiger charge is -2.30. The number of amides is 1. The molecule has 1 fully saturated rings. The van der Waals surface area contributed by atoms with Crippen molar-refractivity contribution >= 4 is 22.8 Å². The quantitative estimate of drug-likeness (QED) is 0.470. The topological polar surface area (TPSA) is 58.7 Å². The van der Waals surface area contributed by atoms with E-state index in [4.69, 9.17) is 5.73 Å². The number of thioether (sulfide) groups is 1. The SMILES string of the molecule is C=CCN=C(N)SCC(=O)N1CCC(C)CC1. The second-order valence-electron chi connectivity index (χ2n) is 4.32. The van der Waals surface area contributed by atoms with Gasteiger partial charge in [0.15, 0.2) is 5.17 Å². The predicted molar refractivity (Wildman–Crippen MR) is 74.1 cm³/mol. The van der Waals surface area contributed by atoms with Gasteiger partial charge in [-0.05, 0) is 18.8 Å². The number of carbonyl (C=O) groups is 1. The minimum atomic E-state index is 0.165. The highest BCUT2D eigenvalue weighted by molar-refractivity contribution is 8.14. The second kappa shape index (κ2) is 7.37. The van der Waals surface area contributed by atoms with Crippen molar-refractivity contribution in [2.75, 3.05) is 25.4 Å². The molecule has 1 heterocycles. The van der Waals surface area contributed by atoms with Crippen LogP contribution >= 0.6 is 11.8 Å². The van der Waals surface area contributed by atoms with E-state index in [0.29, 0.717) is 17.5 Å². The van der Waals surface area contributed by atoms with Crippen molar-refractivity contribution in [2.24, 2.45) is 16.6 Å². The number of nitrogens with zero attached hydrogens (tertiary/aromatic N) is 2. The van der Waals surface area contributed by atoms with Crippen molar-refractivity contribution in [1.29, 1.82) is 0 Å². The monoisotopic (exact) mass is 255 g/mol. The van der Waals surface area contributed by atoms with Gasteiger partial charge in [-0.25, -0.2) is 0 Å². The maximum absolute atomic E-state index is 11.9. The summed E-state index contributed by atoms with van der Waals surface area (Å²) in [6.07, 6.45) is 3.90. The lowest BCUT2D eigenvalue weighted by Crippen LogP contribution is -2.39. The third-order valence-electron chi connectivity index (χ3n) is 2.86. The van der Waals surface area contributed by atoms with Gasteiger partial charge in [-0.1, -0.05) is 24.8 Å². The standard InChI is InChI=1S/C12H21N3OS/c1-3-6-14-12(13)17-9-11(16)15-7-4-10(2)5-8-15/h3,10H,1,4-9H2,2H3,(H2,13,14). The van der Waals surface area contributed by atoms with Gasteiger partial charge in [0.2, 0.25) is 5.91 Å². The molecule has 0 unspecified atom stereocenters. The van der Waals surface area contributed by atoms with Gasteiger partial charge in [-0.3, -0.25) is 9.79 Å². The molecular formula is C12H21N3OS. The Morgan fingerprint density at radius 3 is 2.82 bits per heavy atom. The van der Waals surface area contributed by atoms with Crippen LogP contribution in [0.4, 0.5) is 0 Å². The van der Waals surface area contributed by atoms with Gasteiger partial charge < -0.3 is 10.6 Å². The maximum atomic E-state index is 11.9. The average molecular weight is 255 g/mol. The van der Waals surface area contributed by atoms with Gasteiger partial charge in [-0.2, -0.15) is 0 Å². The van der Waals surface area contributed by atoms with Crippen LogP contribution in [-0.4, -0.2) is 41.4 Å². The van der Waals surface area contributed by atoms with Gasteiger partial charge >= 0.3 is 0 Å². The molecule has 1 aliphatic rings. The largest absolute Gasteiger partial charge is 0.379 e. The van der Waals surface area contributed by atoms with Crippen LogP contribution < -0.4 is 5.73 Å². The molecule has 0 aromatic rings. The Labute approximate surface area is 107 Å². The zero-order chi connectivity index (χ0) is 12.7. The van der Waals surface area contributed by atoms with Crippen LogP contribution in [0.1, 0.15) is 19.8 Å². The van der Waals surface area contributed by atoms with Crippen LogP contribution in [0.3, 0.4) is 0 Å². The minimum Gasteiger partial charge on any atom is -0.379 e. The lowest BCUT2D eigenvalue weighted by molar-refractivity contribution is -0.129. The summed E-state index contributed by atoms with van der Waals surface area (Å²) in [6.45, 7) is 8.06. The van der Waals surface area contributed by atoms with Crippen molar-refractivity contribution in [3.63, 3.8) is 0 Å². The first-order valence-electron chi connectivity index (χ1n) is 5.95. The van der Waals surface area contributed by atoms with Crippen molar-refractivity contribution in [1.82, 2.24) is 4.90 Å². The molecule has 1 aliphatic heterocycles. The average Bonchev–Trinajstić information content (AvgIpc) is 2.34. The van der Waals surface area contributed by atoms with E-state index in [0.717, 1.165) is 31.8 Å². The number of likely N-dealkylation sites (tertiary alicyclic amines) is 1. The Kier molecular flexibility index (Phi) is 6.11. The first kappa shape index (κ1) is 14.1. The Bertz CT molecular complexity index is 296. The van der Waals surface area contributed by atoms with E-state index in [-0.39, 0.29) is 5.91 Å². The summed E-state index contributed by atoms with van der Waals surface area (Å²) < 4.78 is 0. The summed E-state index contributed by atoms with van der Waals surface area (Å²) in [4.78, 5) is 17.8. The van der Waals surface area contributed by atoms with E-state index in [1.54, 1.807) is 6.08 Å². The molecule has 5 heteroatoms. The van der Waals surface area contributed by atoms with E-state index in [1.165, 1.54) is 11.8 Å². The Hall–Kier alpha value is -0.970. The van der Waals surface area contributed by atoms with Crippen LogP contribution in [0.2, 0.25) is 0 Å². The van der Waals surface area contributed by atoms with Crippen LogP contribution in [0.5, 0.6) is 0 Å². The summed E-state index contributed by atoms with van der Waals surface area (Å²) in [5.41, 5.74) is 5.65. The van der Waals surface area contributed by atoms with Crippen molar-refractivity contribution < 1.29 is 4.79 Å². The number of hydrogen-bond acceptors (Lipinski definition) is 3. The van der Waals surface area contributed by atoms with E-state index < -0.39 is 0 Å². The fraction of sp³-hybridized carbons (Fsp3) is 0.667.